The van der Waals surface area contributed by atoms with Crippen LogP contribution in [0.15, 0.2) is 72.8 Å². The third kappa shape index (κ3) is 6.77. The zero-order valence-corrected chi connectivity index (χ0v) is 22.4. The summed E-state index contributed by atoms with van der Waals surface area (Å²) >= 11 is 0. The molecule has 6 nitrogen and oxygen atoms in total. The van der Waals surface area contributed by atoms with E-state index in [2.05, 4.69) is 31.3 Å². The number of hydrogen-bond donors (Lipinski definition) is 2. The first-order chi connectivity index (χ1) is 17.5. The predicted molar refractivity (Wildman–Crippen MR) is 145 cm³/mol. The predicted octanol–water partition coefficient (Wildman–Crippen LogP) is 6.26. The minimum Gasteiger partial charge on any atom is -0.477 e. The molecule has 6 heteroatoms. The van der Waals surface area contributed by atoms with E-state index in [0.29, 0.717) is 17.2 Å². The van der Waals surface area contributed by atoms with Gasteiger partial charge < -0.3 is 19.9 Å². The van der Waals surface area contributed by atoms with E-state index in [0.717, 1.165) is 23.1 Å². The summed E-state index contributed by atoms with van der Waals surface area (Å²) in [6, 6.07) is 22.0. The van der Waals surface area contributed by atoms with E-state index in [1.54, 1.807) is 49.4 Å². The van der Waals surface area contributed by atoms with Gasteiger partial charge in [0.1, 0.15) is 11.9 Å². The maximum Gasteiger partial charge on any atom is 0.372 e. The molecule has 0 aliphatic heterocycles. The van der Waals surface area contributed by atoms with Crippen LogP contribution in [-0.2, 0) is 16.0 Å². The summed E-state index contributed by atoms with van der Waals surface area (Å²) in [5.74, 6) is -1.03. The summed E-state index contributed by atoms with van der Waals surface area (Å²) < 4.78 is 12.4. The summed E-state index contributed by atoms with van der Waals surface area (Å²) in [6.45, 7) is 11.6. The number of aryl methyl sites for hydroxylation is 1. The minimum absolute atomic E-state index is 0.318. The van der Waals surface area contributed by atoms with Crippen LogP contribution < -0.4 is 10.1 Å². The van der Waals surface area contributed by atoms with Crippen LogP contribution >= 0.6 is 0 Å². The van der Waals surface area contributed by atoms with Crippen LogP contribution in [0.3, 0.4) is 0 Å². The summed E-state index contributed by atoms with van der Waals surface area (Å²) in [5, 5.41) is 13.1. The number of aliphatic carboxylic acids is 1. The molecule has 0 fully saturated rings. The van der Waals surface area contributed by atoms with Gasteiger partial charge in [0.25, 0.3) is 5.91 Å². The van der Waals surface area contributed by atoms with Gasteiger partial charge in [0, 0.05) is 5.56 Å². The molecule has 3 atom stereocenters. The van der Waals surface area contributed by atoms with Crippen molar-refractivity contribution in [3.8, 4) is 5.75 Å². The molecule has 0 heterocycles. The second-order valence-corrected chi connectivity index (χ2v) is 9.92. The lowest BCUT2D eigenvalue weighted by Crippen LogP contribution is -2.66. The third-order valence-corrected chi connectivity index (χ3v) is 6.55. The lowest BCUT2D eigenvalue weighted by atomic mass is 10.00. The lowest BCUT2D eigenvalue weighted by molar-refractivity contribution is -0.179. The molecule has 0 spiro atoms. The maximum atomic E-state index is 13.2. The molecule has 0 saturated carbocycles. The van der Waals surface area contributed by atoms with Crippen LogP contribution in [0.5, 0.6) is 5.75 Å². The first-order valence-electron chi connectivity index (χ1n) is 12.6. The molecule has 3 aromatic carbocycles. The molecule has 0 aromatic heterocycles. The average molecular weight is 504 g/mol. The van der Waals surface area contributed by atoms with Gasteiger partial charge in [0.2, 0.25) is 0 Å². The van der Waals surface area contributed by atoms with E-state index < -0.39 is 29.8 Å². The second kappa shape index (κ2) is 12.1. The van der Waals surface area contributed by atoms with E-state index >= 15 is 0 Å². The van der Waals surface area contributed by atoms with Gasteiger partial charge in [-0.1, -0.05) is 68.4 Å². The van der Waals surface area contributed by atoms with Crippen molar-refractivity contribution in [3.63, 3.8) is 0 Å². The molecule has 37 heavy (non-hydrogen) atoms. The Bertz CT molecular complexity index is 1210. The molecule has 3 rings (SSSR count). The lowest BCUT2D eigenvalue weighted by Gasteiger charge is -2.37. The quantitative estimate of drug-likeness (QED) is 0.302. The van der Waals surface area contributed by atoms with Crippen molar-refractivity contribution in [2.45, 2.75) is 65.9 Å². The molecule has 196 valence electrons. The van der Waals surface area contributed by atoms with Crippen LogP contribution in [0.1, 0.15) is 66.4 Å². The van der Waals surface area contributed by atoms with Crippen molar-refractivity contribution < 1.29 is 24.2 Å². The molecule has 3 unspecified atom stereocenters. The normalized spacial score (nSPS) is 14.5. The fourth-order valence-corrected chi connectivity index (χ4v) is 4.20. The highest BCUT2D eigenvalue weighted by molar-refractivity contribution is 5.97. The third-order valence-electron chi connectivity index (χ3n) is 6.55. The summed E-state index contributed by atoms with van der Waals surface area (Å²) in [4.78, 5) is 26.1. The van der Waals surface area contributed by atoms with E-state index in [9.17, 15) is 14.7 Å². The smallest absolute Gasteiger partial charge is 0.372 e. The van der Waals surface area contributed by atoms with Crippen molar-refractivity contribution in [1.29, 1.82) is 0 Å². The molecule has 1 amide bonds. The van der Waals surface area contributed by atoms with Gasteiger partial charge in [-0.2, -0.15) is 0 Å². The fraction of sp³-hybridized carbons (Fsp3) is 0.355. The Hall–Kier alpha value is -3.64. The molecule has 0 saturated heterocycles. The zero-order chi connectivity index (χ0) is 27.2. The number of carboxylic acids is 1. The summed E-state index contributed by atoms with van der Waals surface area (Å²) in [5.41, 5.74) is 1.99. The Balaban J connectivity index is 1.95. The average Bonchev–Trinajstić information content (AvgIpc) is 2.86. The summed E-state index contributed by atoms with van der Waals surface area (Å²) in [7, 11) is 0. The van der Waals surface area contributed by atoms with Crippen molar-refractivity contribution in [3.05, 3.63) is 101 Å². The number of amides is 1. The number of carboxylic acid groups (broad SMARTS) is 1. The highest BCUT2D eigenvalue weighted by Gasteiger charge is 2.50. The second-order valence-electron chi connectivity index (χ2n) is 9.92. The number of carbonyl (C=O) groups is 2. The number of nitrogens with one attached hydrogen (secondary N) is 1. The van der Waals surface area contributed by atoms with E-state index in [-0.39, 0.29) is 0 Å². The summed E-state index contributed by atoms with van der Waals surface area (Å²) in [6.07, 6.45) is -0.524. The number of rotatable bonds is 11. The standard InChI is InChI=1S/C31H37NO5/c1-20(2)19-25-15-17-26(18-16-25)23(5)36-24(6)31(30(34)35,32-29(33)27-12-8-7-9-13-27)37-28-14-10-11-21(3)22(28)4/h7-18,20,23-24H,19H2,1-6H3,(H,32,33)(H,34,35). The Morgan fingerprint density at radius 3 is 2.14 bits per heavy atom. The molecule has 2 N–H and O–H groups in total. The molecule has 3 aromatic rings. The van der Waals surface area contributed by atoms with E-state index in [1.807, 2.05) is 39.0 Å². The highest BCUT2D eigenvalue weighted by atomic mass is 16.6. The Labute approximate surface area is 219 Å². The number of benzene rings is 3. The van der Waals surface area contributed by atoms with Crippen LogP contribution in [-0.4, -0.2) is 28.8 Å². The van der Waals surface area contributed by atoms with Crippen molar-refractivity contribution in [1.82, 2.24) is 5.32 Å². The topological polar surface area (TPSA) is 84.9 Å². The van der Waals surface area contributed by atoms with Gasteiger partial charge in [0.15, 0.2) is 0 Å². The monoisotopic (exact) mass is 503 g/mol. The van der Waals surface area contributed by atoms with Crippen molar-refractivity contribution in [2.75, 3.05) is 0 Å². The molecular formula is C31H37NO5. The number of ether oxygens (including phenoxy) is 2. The van der Waals surface area contributed by atoms with Crippen molar-refractivity contribution >= 4 is 11.9 Å². The van der Waals surface area contributed by atoms with Crippen LogP contribution in [0, 0.1) is 19.8 Å². The van der Waals surface area contributed by atoms with Crippen molar-refractivity contribution in [2.24, 2.45) is 5.92 Å². The van der Waals surface area contributed by atoms with Gasteiger partial charge in [0.05, 0.1) is 6.10 Å². The zero-order valence-electron chi connectivity index (χ0n) is 22.4. The van der Waals surface area contributed by atoms with Gasteiger partial charge in [-0.05, 0) is 80.5 Å². The van der Waals surface area contributed by atoms with Gasteiger partial charge in [-0.3, -0.25) is 4.79 Å². The maximum absolute atomic E-state index is 13.2. The van der Waals surface area contributed by atoms with Crippen LogP contribution in [0.4, 0.5) is 0 Å². The largest absolute Gasteiger partial charge is 0.477 e. The van der Waals surface area contributed by atoms with Gasteiger partial charge in [-0.15, -0.1) is 0 Å². The molecule has 0 bridgehead atoms. The SMILES string of the molecule is Cc1cccc(OC(NC(=O)c2ccccc2)(C(=O)O)C(C)OC(C)c2ccc(CC(C)C)cc2)c1C. The fourth-order valence-electron chi connectivity index (χ4n) is 4.20. The molecule has 0 radical (unpaired) electrons. The number of hydrogen-bond acceptors (Lipinski definition) is 4. The molecule has 0 aliphatic rings. The highest BCUT2D eigenvalue weighted by Crippen LogP contribution is 2.30. The minimum atomic E-state index is -2.18. The van der Waals surface area contributed by atoms with E-state index in [1.165, 1.54) is 5.56 Å². The Kier molecular flexibility index (Phi) is 9.11. The van der Waals surface area contributed by atoms with Gasteiger partial charge in [-0.25, -0.2) is 4.79 Å². The first kappa shape index (κ1) is 27.9. The molecular weight excluding hydrogens is 466 g/mol. The van der Waals surface area contributed by atoms with Crippen LogP contribution in [0.2, 0.25) is 0 Å². The van der Waals surface area contributed by atoms with E-state index in [4.69, 9.17) is 9.47 Å². The molecule has 0 aliphatic carbocycles. The number of carbonyl (C=O) groups excluding carboxylic acids is 1. The Morgan fingerprint density at radius 1 is 0.892 bits per heavy atom. The van der Waals surface area contributed by atoms with Crippen LogP contribution in [0.25, 0.3) is 0 Å². The first-order valence-corrected chi connectivity index (χ1v) is 12.6. The van der Waals surface area contributed by atoms with Gasteiger partial charge >= 0.3 is 11.7 Å². The Morgan fingerprint density at radius 2 is 1.54 bits per heavy atom.